The topological polar surface area (TPSA) is 29.3 Å². The summed E-state index contributed by atoms with van der Waals surface area (Å²) < 4.78 is 13.8. The van der Waals surface area contributed by atoms with Gasteiger partial charge in [-0.25, -0.2) is 4.39 Å². The lowest BCUT2D eigenvalue weighted by Crippen LogP contribution is -2.18. The number of anilines is 1. The second-order valence-corrected chi connectivity index (χ2v) is 5.38. The van der Waals surface area contributed by atoms with E-state index in [0.29, 0.717) is 22.1 Å². The molecule has 0 bridgehead atoms. The third-order valence-electron chi connectivity index (χ3n) is 2.99. The van der Waals surface area contributed by atoms with Crippen LogP contribution in [-0.4, -0.2) is 12.0 Å². The van der Waals surface area contributed by atoms with Crippen molar-refractivity contribution < 1.29 is 4.39 Å². The van der Waals surface area contributed by atoms with Crippen LogP contribution in [-0.2, 0) is 6.54 Å². The van der Waals surface area contributed by atoms with Crippen LogP contribution >= 0.6 is 23.8 Å². The molecule has 5 heteroatoms. The molecule has 0 aliphatic rings. The van der Waals surface area contributed by atoms with E-state index in [0.717, 1.165) is 11.3 Å². The highest BCUT2D eigenvalue weighted by Gasteiger charge is 2.08. The minimum Gasteiger partial charge on any atom is -0.389 e. The van der Waals surface area contributed by atoms with Crippen LogP contribution in [0.15, 0.2) is 42.5 Å². The Morgan fingerprint density at radius 3 is 2.70 bits per heavy atom. The Morgan fingerprint density at radius 1 is 1.30 bits per heavy atom. The number of rotatable bonds is 4. The van der Waals surface area contributed by atoms with Crippen molar-refractivity contribution in [3.8, 4) is 0 Å². The van der Waals surface area contributed by atoms with Gasteiger partial charge in [-0.3, -0.25) is 0 Å². The zero-order valence-corrected chi connectivity index (χ0v) is 12.5. The summed E-state index contributed by atoms with van der Waals surface area (Å²) in [6.45, 7) is 0.434. The molecule has 2 rings (SSSR count). The first-order valence-corrected chi connectivity index (χ1v) is 6.81. The van der Waals surface area contributed by atoms with Gasteiger partial charge in [0.05, 0.1) is 0 Å². The fourth-order valence-electron chi connectivity index (χ4n) is 1.89. The number of benzene rings is 2. The molecule has 0 spiro atoms. The van der Waals surface area contributed by atoms with E-state index in [1.807, 2.05) is 36.2 Å². The minimum absolute atomic E-state index is 0.310. The molecule has 0 atom stereocenters. The lowest BCUT2D eigenvalue weighted by Gasteiger charge is -2.20. The molecular weight excluding hydrogens is 295 g/mol. The third kappa shape index (κ3) is 3.46. The van der Waals surface area contributed by atoms with Crippen molar-refractivity contribution in [1.29, 1.82) is 0 Å². The van der Waals surface area contributed by atoms with Gasteiger partial charge in [0, 0.05) is 35.4 Å². The summed E-state index contributed by atoms with van der Waals surface area (Å²) in [4.78, 5) is 2.27. The van der Waals surface area contributed by atoms with E-state index < -0.39 is 0 Å². The number of nitrogens with zero attached hydrogens (tertiary/aromatic N) is 1. The largest absolute Gasteiger partial charge is 0.389 e. The normalized spacial score (nSPS) is 10.3. The summed E-state index contributed by atoms with van der Waals surface area (Å²) in [5.41, 5.74) is 7.91. The Morgan fingerprint density at radius 2 is 2.05 bits per heavy atom. The summed E-state index contributed by atoms with van der Waals surface area (Å²) in [5, 5.41) is 0.393. The Kier molecular flexibility index (Phi) is 4.57. The van der Waals surface area contributed by atoms with E-state index in [9.17, 15) is 4.39 Å². The van der Waals surface area contributed by atoms with Crippen LogP contribution < -0.4 is 10.6 Å². The van der Waals surface area contributed by atoms with Crippen molar-refractivity contribution >= 4 is 34.5 Å². The number of hydrogen-bond acceptors (Lipinski definition) is 2. The second-order valence-electron chi connectivity index (χ2n) is 4.51. The van der Waals surface area contributed by atoms with Crippen molar-refractivity contribution in [1.82, 2.24) is 0 Å². The molecule has 0 saturated heterocycles. The van der Waals surface area contributed by atoms with Gasteiger partial charge in [0.1, 0.15) is 10.8 Å². The molecule has 0 unspecified atom stereocenters. The zero-order valence-electron chi connectivity index (χ0n) is 10.9. The number of halogens is 2. The maximum atomic E-state index is 13.8. The van der Waals surface area contributed by atoms with Crippen molar-refractivity contribution in [2.24, 2.45) is 5.73 Å². The number of hydrogen-bond donors (Lipinski definition) is 1. The Bertz CT molecular complexity index is 646. The fraction of sp³-hybridized carbons (Fsp3) is 0.133. The van der Waals surface area contributed by atoms with E-state index in [-0.39, 0.29) is 5.82 Å². The van der Waals surface area contributed by atoms with Crippen LogP contribution in [0.3, 0.4) is 0 Å². The van der Waals surface area contributed by atoms with E-state index in [1.54, 1.807) is 12.1 Å². The van der Waals surface area contributed by atoms with Crippen molar-refractivity contribution in [2.75, 3.05) is 11.9 Å². The standard InChI is InChI=1S/C15H14ClFN2S/c1-19(9-11-5-6-12(16)8-14(11)17)13-4-2-3-10(7-13)15(18)20/h2-8H,9H2,1H3,(H2,18,20). The zero-order chi connectivity index (χ0) is 14.7. The smallest absolute Gasteiger partial charge is 0.129 e. The Hall–Kier alpha value is -1.65. The predicted octanol–water partition coefficient (Wildman–Crippen LogP) is 3.75. The van der Waals surface area contributed by atoms with Gasteiger partial charge in [-0.1, -0.05) is 42.0 Å². The molecule has 0 heterocycles. The molecule has 0 radical (unpaired) electrons. The molecule has 0 aromatic heterocycles. The van der Waals surface area contributed by atoms with Crippen LogP contribution in [0.5, 0.6) is 0 Å². The summed E-state index contributed by atoms with van der Waals surface area (Å²) in [5.74, 6) is -0.310. The quantitative estimate of drug-likeness (QED) is 0.872. The average molecular weight is 309 g/mol. The first-order chi connectivity index (χ1) is 9.47. The molecule has 0 amide bonds. The van der Waals surface area contributed by atoms with Gasteiger partial charge in [0.2, 0.25) is 0 Å². The van der Waals surface area contributed by atoms with Gasteiger partial charge in [-0.2, -0.15) is 0 Å². The molecule has 0 aliphatic heterocycles. The van der Waals surface area contributed by atoms with Crippen LogP contribution in [0.25, 0.3) is 0 Å². The number of nitrogens with two attached hydrogens (primary N) is 1. The van der Waals surface area contributed by atoms with Gasteiger partial charge >= 0.3 is 0 Å². The van der Waals surface area contributed by atoms with E-state index in [1.165, 1.54) is 6.07 Å². The summed E-state index contributed by atoms with van der Waals surface area (Å²) >= 11 is 10.7. The van der Waals surface area contributed by atoms with Gasteiger partial charge in [-0.05, 0) is 24.3 Å². The first-order valence-electron chi connectivity index (χ1n) is 6.02. The summed E-state index contributed by atoms with van der Waals surface area (Å²) in [6.07, 6.45) is 0. The SMILES string of the molecule is CN(Cc1ccc(Cl)cc1F)c1cccc(C(N)=S)c1. The van der Waals surface area contributed by atoms with E-state index in [4.69, 9.17) is 29.6 Å². The molecule has 2 aromatic carbocycles. The van der Waals surface area contributed by atoms with Crippen LogP contribution in [0, 0.1) is 5.82 Å². The van der Waals surface area contributed by atoms with Crippen LogP contribution in [0.2, 0.25) is 5.02 Å². The maximum Gasteiger partial charge on any atom is 0.129 e. The monoisotopic (exact) mass is 308 g/mol. The molecule has 2 nitrogen and oxygen atoms in total. The van der Waals surface area contributed by atoms with Crippen molar-refractivity contribution in [2.45, 2.75) is 6.54 Å². The molecule has 0 saturated carbocycles. The molecule has 20 heavy (non-hydrogen) atoms. The third-order valence-corrected chi connectivity index (χ3v) is 3.46. The van der Waals surface area contributed by atoms with Crippen molar-refractivity contribution in [3.63, 3.8) is 0 Å². The second kappa shape index (κ2) is 6.20. The maximum absolute atomic E-state index is 13.8. The highest BCUT2D eigenvalue weighted by Crippen LogP contribution is 2.20. The van der Waals surface area contributed by atoms with Gasteiger partial charge in [-0.15, -0.1) is 0 Å². The lowest BCUT2D eigenvalue weighted by molar-refractivity contribution is 0.608. The highest BCUT2D eigenvalue weighted by atomic mass is 35.5. The Balaban J connectivity index is 2.21. The van der Waals surface area contributed by atoms with Crippen molar-refractivity contribution in [3.05, 3.63) is 64.4 Å². The fourth-order valence-corrected chi connectivity index (χ4v) is 2.18. The van der Waals surface area contributed by atoms with Crippen LogP contribution in [0.4, 0.5) is 10.1 Å². The Labute approximate surface area is 128 Å². The van der Waals surface area contributed by atoms with Gasteiger partial charge in [0.25, 0.3) is 0 Å². The minimum atomic E-state index is -0.310. The molecule has 0 fully saturated rings. The van der Waals surface area contributed by atoms with E-state index in [2.05, 4.69) is 0 Å². The molecule has 2 N–H and O–H groups in total. The lowest BCUT2D eigenvalue weighted by atomic mass is 10.1. The van der Waals surface area contributed by atoms with E-state index >= 15 is 0 Å². The summed E-state index contributed by atoms with van der Waals surface area (Å²) in [6, 6.07) is 12.2. The number of thiocarbonyl (C=S) groups is 1. The predicted molar refractivity (Wildman–Crippen MR) is 85.8 cm³/mol. The first kappa shape index (κ1) is 14.8. The average Bonchev–Trinajstić information content (AvgIpc) is 2.42. The van der Waals surface area contributed by atoms with Gasteiger partial charge in [0.15, 0.2) is 0 Å². The highest BCUT2D eigenvalue weighted by molar-refractivity contribution is 7.80. The molecular formula is C15H14ClFN2S. The summed E-state index contributed by atoms with van der Waals surface area (Å²) in [7, 11) is 1.88. The molecule has 0 aliphatic carbocycles. The molecule has 104 valence electrons. The van der Waals surface area contributed by atoms with Gasteiger partial charge < -0.3 is 10.6 Å². The molecule has 2 aromatic rings. The van der Waals surface area contributed by atoms with Crippen LogP contribution in [0.1, 0.15) is 11.1 Å².